The lowest BCUT2D eigenvalue weighted by atomic mass is 10.1. The normalized spacial score (nSPS) is 10.4. The minimum absolute atomic E-state index is 1.15. The zero-order chi connectivity index (χ0) is 12.4. The number of hydrogen-bond donors (Lipinski definition) is 0. The van der Waals surface area contributed by atoms with Gasteiger partial charge in [0.25, 0.3) is 0 Å². The van der Waals surface area contributed by atoms with Crippen molar-refractivity contribution in [2.45, 2.75) is 20.8 Å². The molecule has 0 nitrogen and oxygen atoms in total. The van der Waals surface area contributed by atoms with Crippen molar-refractivity contribution in [3.05, 3.63) is 46.4 Å². The molecule has 0 aliphatic rings. The molecule has 0 amide bonds. The number of thiophene rings is 1. The molecule has 1 heterocycles. The molecule has 1 aromatic heterocycles. The molecule has 0 atom stereocenters. The van der Waals surface area contributed by atoms with Crippen LogP contribution in [0.4, 0.5) is 0 Å². The van der Waals surface area contributed by atoms with Crippen LogP contribution in [-0.4, -0.2) is 0 Å². The number of rotatable bonds is 0. The molecular formula is C15H15BrS. The average molecular weight is 307 g/mol. The summed E-state index contributed by atoms with van der Waals surface area (Å²) in [6.07, 6.45) is 0. The van der Waals surface area contributed by atoms with Crippen LogP contribution < -0.4 is 0 Å². The van der Waals surface area contributed by atoms with Crippen LogP contribution in [0.15, 0.2) is 40.9 Å². The first-order valence-corrected chi connectivity index (χ1v) is 7.44. The Morgan fingerprint density at radius 3 is 2.53 bits per heavy atom. The monoisotopic (exact) mass is 306 g/mol. The molecule has 2 aromatic carbocycles. The summed E-state index contributed by atoms with van der Waals surface area (Å²) < 4.78 is 3.92. The zero-order valence-corrected chi connectivity index (χ0v) is 12.7. The third-order valence-electron chi connectivity index (χ3n) is 2.66. The summed E-state index contributed by atoms with van der Waals surface area (Å²) in [5.74, 6) is 0. The molecule has 0 N–H and O–H groups in total. The first kappa shape index (κ1) is 12.6. The molecule has 17 heavy (non-hydrogen) atoms. The van der Waals surface area contributed by atoms with E-state index < -0.39 is 0 Å². The lowest BCUT2D eigenvalue weighted by molar-refractivity contribution is 1.50. The Morgan fingerprint density at radius 2 is 1.76 bits per heavy atom. The van der Waals surface area contributed by atoms with Crippen molar-refractivity contribution in [2.24, 2.45) is 0 Å². The molecule has 3 aromatic rings. The van der Waals surface area contributed by atoms with E-state index in [0.29, 0.717) is 0 Å². The Balaban J connectivity index is 0.000000514. The minimum Gasteiger partial charge on any atom is -0.135 e. The second-order valence-corrected chi connectivity index (χ2v) is 5.66. The summed E-state index contributed by atoms with van der Waals surface area (Å²) in [5, 5.41) is 2.73. The Morgan fingerprint density at radius 1 is 1.00 bits per heavy atom. The standard InChI is InChI=1S/C13H9BrS.C2H6/c1-8-3-2-4-10-11-7-9(14)5-6-12(11)15-13(8)10;1-2/h2-7H,1H3;1-2H3. The highest BCUT2D eigenvalue weighted by Crippen LogP contribution is 2.36. The fourth-order valence-electron chi connectivity index (χ4n) is 1.91. The van der Waals surface area contributed by atoms with E-state index in [1.807, 2.05) is 25.2 Å². The van der Waals surface area contributed by atoms with Gasteiger partial charge < -0.3 is 0 Å². The predicted molar refractivity (Wildman–Crippen MR) is 83.1 cm³/mol. The molecule has 0 unspecified atom stereocenters. The van der Waals surface area contributed by atoms with Crippen molar-refractivity contribution in [1.82, 2.24) is 0 Å². The smallest absolute Gasteiger partial charge is 0.0384 e. The van der Waals surface area contributed by atoms with Crippen molar-refractivity contribution in [2.75, 3.05) is 0 Å². The molecule has 0 saturated carbocycles. The van der Waals surface area contributed by atoms with Crippen LogP contribution in [-0.2, 0) is 0 Å². The first-order chi connectivity index (χ1) is 8.25. The summed E-state index contributed by atoms with van der Waals surface area (Å²) in [4.78, 5) is 0. The quantitative estimate of drug-likeness (QED) is 0.467. The Hall–Kier alpha value is -0.860. The lowest BCUT2D eigenvalue weighted by Crippen LogP contribution is -1.70. The van der Waals surface area contributed by atoms with Crippen molar-refractivity contribution in [1.29, 1.82) is 0 Å². The third-order valence-corrected chi connectivity index (χ3v) is 4.47. The van der Waals surface area contributed by atoms with Gasteiger partial charge in [0.1, 0.15) is 0 Å². The fourth-order valence-corrected chi connectivity index (χ4v) is 3.42. The summed E-state index contributed by atoms with van der Waals surface area (Å²) >= 11 is 5.40. The van der Waals surface area contributed by atoms with Crippen molar-refractivity contribution < 1.29 is 0 Å². The van der Waals surface area contributed by atoms with Crippen molar-refractivity contribution >= 4 is 47.4 Å². The summed E-state index contributed by atoms with van der Waals surface area (Å²) in [6, 6.07) is 13.0. The van der Waals surface area contributed by atoms with E-state index in [4.69, 9.17) is 0 Å². The van der Waals surface area contributed by atoms with E-state index in [1.54, 1.807) is 0 Å². The number of benzene rings is 2. The molecule has 0 aliphatic heterocycles. The summed E-state index contributed by atoms with van der Waals surface area (Å²) in [5.41, 5.74) is 1.37. The van der Waals surface area contributed by atoms with E-state index in [9.17, 15) is 0 Å². The van der Waals surface area contributed by atoms with Crippen molar-refractivity contribution in [3.8, 4) is 0 Å². The number of hydrogen-bond acceptors (Lipinski definition) is 1. The highest BCUT2D eigenvalue weighted by molar-refractivity contribution is 9.10. The van der Waals surface area contributed by atoms with Gasteiger partial charge in [-0.25, -0.2) is 0 Å². The maximum absolute atomic E-state index is 3.53. The maximum atomic E-state index is 3.53. The predicted octanol–water partition coefficient (Wildman–Crippen LogP) is 6.15. The Bertz CT molecular complexity index is 652. The van der Waals surface area contributed by atoms with Crippen LogP contribution in [0.1, 0.15) is 19.4 Å². The van der Waals surface area contributed by atoms with Gasteiger partial charge in [-0.05, 0) is 30.7 Å². The van der Waals surface area contributed by atoms with Crippen LogP contribution in [0.5, 0.6) is 0 Å². The van der Waals surface area contributed by atoms with Crippen molar-refractivity contribution in [3.63, 3.8) is 0 Å². The van der Waals surface area contributed by atoms with Gasteiger partial charge >= 0.3 is 0 Å². The molecule has 88 valence electrons. The number of fused-ring (bicyclic) bond motifs is 3. The first-order valence-electron chi connectivity index (χ1n) is 5.83. The summed E-state index contributed by atoms with van der Waals surface area (Å²) in [6.45, 7) is 6.17. The molecule has 0 radical (unpaired) electrons. The average Bonchev–Trinajstić information content (AvgIpc) is 2.72. The second-order valence-electron chi connectivity index (χ2n) is 3.69. The van der Waals surface area contributed by atoms with E-state index in [2.05, 4.69) is 59.3 Å². The fraction of sp³-hybridized carbons (Fsp3) is 0.200. The highest BCUT2D eigenvalue weighted by atomic mass is 79.9. The summed E-state index contributed by atoms with van der Waals surface area (Å²) in [7, 11) is 0. The molecule has 2 heteroatoms. The van der Waals surface area contributed by atoms with E-state index in [-0.39, 0.29) is 0 Å². The van der Waals surface area contributed by atoms with Crippen LogP contribution in [0.2, 0.25) is 0 Å². The van der Waals surface area contributed by atoms with Gasteiger partial charge in [0, 0.05) is 24.6 Å². The van der Waals surface area contributed by atoms with Crippen LogP contribution in [0.3, 0.4) is 0 Å². The van der Waals surface area contributed by atoms with Gasteiger partial charge in [-0.15, -0.1) is 11.3 Å². The molecule has 0 saturated heterocycles. The zero-order valence-electron chi connectivity index (χ0n) is 10.3. The largest absolute Gasteiger partial charge is 0.135 e. The van der Waals surface area contributed by atoms with Crippen LogP contribution in [0.25, 0.3) is 20.2 Å². The van der Waals surface area contributed by atoms with E-state index >= 15 is 0 Å². The molecule has 0 spiro atoms. The van der Waals surface area contributed by atoms with Gasteiger partial charge in [-0.2, -0.15) is 0 Å². The molecule has 0 bridgehead atoms. The maximum Gasteiger partial charge on any atom is 0.0384 e. The van der Waals surface area contributed by atoms with E-state index in [0.717, 1.165) is 4.47 Å². The van der Waals surface area contributed by atoms with Gasteiger partial charge in [0.15, 0.2) is 0 Å². The second kappa shape index (κ2) is 5.19. The van der Waals surface area contributed by atoms with Gasteiger partial charge in [-0.3, -0.25) is 0 Å². The molecular weight excluding hydrogens is 292 g/mol. The Kier molecular flexibility index (Phi) is 3.85. The van der Waals surface area contributed by atoms with Gasteiger partial charge in [0.2, 0.25) is 0 Å². The van der Waals surface area contributed by atoms with Crippen LogP contribution in [0, 0.1) is 6.92 Å². The third kappa shape index (κ3) is 2.24. The Labute approximate surface area is 114 Å². The lowest BCUT2D eigenvalue weighted by Gasteiger charge is -1.94. The highest BCUT2D eigenvalue weighted by Gasteiger charge is 2.06. The minimum atomic E-state index is 1.15. The molecule has 0 fully saturated rings. The molecule has 0 aliphatic carbocycles. The number of halogens is 1. The SMILES string of the molecule is CC.Cc1cccc2c1sc1ccc(Br)cc12. The topological polar surface area (TPSA) is 0 Å². The van der Waals surface area contributed by atoms with Crippen LogP contribution >= 0.6 is 27.3 Å². The van der Waals surface area contributed by atoms with E-state index in [1.165, 1.54) is 25.7 Å². The number of aryl methyl sites for hydroxylation is 1. The molecule has 3 rings (SSSR count). The van der Waals surface area contributed by atoms with Gasteiger partial charge in [-0.1, -0.05) is 48.0 Å². The van der Waals surface area contributed by atoms with Gasteiger partial charge in [0.05, 0.1) is 0 Å².